The van der Waals surface area contributed by atoms with E-state index in [0.717, 1.165) is 38.1 Å². The van der Waals surface area contributed by atoms with Crippen molar-refractivity contribution in [1.82, 2.24) is 4.90 Å². The summed E-state index contributed by atoms with van der Waals surface area (Å²) < 4.78 is 5.75. The van der Waals surface area contributed by atoms with Gasteiger partial charge in [0.25, 0.3) is 0 Å². The lowest BCUT2D eigenvalue weighted by Gasteiger charge is -2.33. The first-order chi connectivity index (χ1) is 9.31. The third kappa shape index (κ3) is 5.41. The third-order valence-corrected chi connectivity index (χ3v) is 4.89. The van der Waals surface area contributed by atoms with Gasteiger partial charge >= 0.3 is 0 Å². The Kier molecular flexibility index (Phi) is 6.62. The van der Waals surface area contributed by atoms with E-state index in [1.807, 2.05) is 0 Å². The maximum Gasteiger partial charge on any atom is 0.0593 e. The zero-order valence-electron chi connectivity index (χ0n) is 12.7. The molecule has 2 aliphatic rings. The fraction of sp³-hybridized carbons (Fsp3) is 1.00. The number of ether oxygens (including phenoxy) is 1. The lowest BCUT2D eigenvalue weighted by Crippen LogP contribution is -2.44. The maximum atomic E-state index is 6.04. The van der Waals surface area contributed by atoms with Crippen LogP contribution >= 0.6 is 0 Å². The first kappa shape index (κ1) is 15.3. The Morgan fingerprint density at radius 1 is 1.11 bits per heavy atom. The second-order valence-electron chi connectivity index (χ2n) is 6.55. The lowest BCUT2D eigenvalue weighted by molar-refractivity contribution is 0.0783. The quantitative estimate of drug-likeness (QED) is 0.543. The molecule has 0 bridgehead atoms. The lowest BCUT2D eigenvalue weighted by atomic mass is 9.91. The molecule has 0 spiro atoms. The fourth-order valence-corrected chi connectivity index (χ4v) is 3.34. The Balaban J connectivity index is 1.67. The highest BCUT2D eigenvalue weighted by Gasteiger charge is 2.25. The van der Waals surface area contributed by atoms with Crippen LogP contribution in [0.5, 0.6) is 0 Å². The van der Waals surface area contributed by atoms with Crippen LogP contribution in [-0.4, -0.2) is 44.3 Å². The largest absolute Gasteiger partial charge is 0.380 e. The Morgan fingerprint density at radius 3 is 2.37 bits per heavy atom. The fourth-order valence-electron chi connectivity index (χ4n) is 3.34. The van der Waals surface area contributed by atoms with Crippen molar-refractivity contribution >= 4 is 0 Å². The number of hydrogen-bond donors (Lipinski definition) is 1. The van der Waals surface area contributed by atoms with E-state index in [9.17, 15) is 0 Å². The first-order valence-corrected chi connectivity index (χ1v) is 8.29. The van der Waals surface area contributed by atoms with Gasteiger partial charge in [-0.2, -0.15) is 0 Å². The average molecular weight is 268 g/mol. The monoisotopic (exact) mass is 268 g/mol. The minimum atomic E-state index is 0.558. The van der Waals surface area contributed by atoms with Crippen molar-refractivity contribution in [3.63, 3.8) is 0 Å². The van der Waals surface area contributed by atoms with Crippen LogP contribution in [0.3, 0.4) is 0 Å². The molecule has 19 heavy (non-hydrogen) atoms. The molecule has 1 unspecified atom stereocenters. The van der Waals surface area contributed by atoms with Crippen LogP contribution in [0.1, 0.15) is 51.4 Å². The molecule has 0 heterocycles. The normalized spacial score (nSPS) is 23.5. The second-order valence-corrected chi connectivity index (χ2v) is 6.55. The molecule has 0 aromatic carbocycles. The standard InChI is InChI=1S/C16H32N2O/c1-18(10-11-19-13-14-8-9-14)16(12-17)15-6-4-2-3-5-7-15/h14-16H,2-13,17H2,1H3. The van der Waals surface area contributed by atoms with Gasteiger partial charge in [0, 0.05) is 25.7 Å². The van der Waals surface area contributed by atoms with Crippen molar-refractivity contribution in [1.29, 1.82) is 0 Å². The number of hydrogen-bond acceptors (Lipinski definition) is 3. The van der Waals surface area contributed by atoms with Crippen LogP contribution in [0.25, 0.3) is 0 Å². The van der Waals surface area contributed by atoms with Gasteiger partial charge in [-0.05, 0) is 44.6 Å². The van der Waals surface area contributed by atoms with Gasteiger partial charge < -0.3 is 10.5 Å². The Morgan fingerprint density at radius 2 is 1.79 bits per heavy atom. The highest BCUT2D eigenvalue weighted by atomic mass is 16.5. The molecule has 0 amide bonds. The highest BCUT2D eigenvalue weighted by Crippen LogP contribution is 2.29. The van der Waals surface area contributed by atoms with E-state index in [0.29, 0.717) is 6.04 Å². The summed E-state index contributed by atoms with van der Waals surface area (Å²) >= 11 is 0. The molecular formula is C16H32N2O. The number of nitrogens with zero attached hydrogens (tertiary/aromatic N) is 1. The minimum absolute atomic E-state index is 0.558. The first-order valence-electron chi connectivity index (χ1n) is 8.29. The van der Waals surface area contributed by atoms with Crippen molar-refractivity contribution in [3.8, 4) is 0 Å². The Hall–Kier alpha value is -0.120. The molecule has 2 fully saturated rings. The van der Waals surface area contributed by atoms with Gasteiger partial charge in [-0.1, -0.05) is 25.7 Å². The summed E-state index contributed by atoms with van der Waals surface area (Å²) in [5, 5.41) is 0. The van der Waals surface area contributed by atoms with Crippen molar-refractivity contribution < 1.29 is 4.74 Å². The summed E-state index contributed by atoms with van der Waals surface area (Å²) in [5.74, 6) is 1.68. The van der Waals surface area contributed by atoms with Crippen LogP contribution in [-0.2, 0) is 4.74 Å². The highest BCUT2D eigenvalue weighted by molar-refractivity contribution is 4.80. The molecule has 0 aromatic rings. The smallest absolute Gasteiger partial charge is 0.0593 e. The molecule has 0 aliphatic heterocycles. The molecule has 2 saturated carbocycles. The van der Waals surface area contributed by atoms with Crippen LogP contribution in [0.4, 0.5) is 0 Å². The van der Waals surface area contributed by atoms with Crippen LogP contribution in [0.15, 0.2) is 0 Å². The van der Waals surface area contributed by atoms with E-state index in [1.54, 1.807) is 0 Å². The third-order valence-electron chi connectivity index (χ3n) is 4.89. The van der Waals surface area contributed by atoms with E-state index in [4.69, 9.17) is 10.5 Å². The number of rotatable bonds is 8. The number of likely N-dealkylation sites (N-methyl/N-ethyl adjacent to an activating group) is 1. The Labute approximate surface area is 118 Å². The molecule has 2 aliphatic carbocycles. The summed E-state index contributed by atoms with van der Waals surface area (Å²) in [4.78, 5) is 2.45. The topological polar surface area (TPSA) is 38.5 Å². The summed E-state index contributed by atoms with van der Waals surface area (Å²) in [6.07, 6.45) is 11.1. The van der Waals surface area contributed by atoms with E-state index < -0.39 is 0 Å². The SMILES string of the molecule is CN(CCOCC1CC1)C(CN)C1CCCCCC1. The predicted molar refractivity (Wildman–Crippen MR) is 80.2 cm³/mol. The zero-order valence-corrected chi connectivity index (χ0v) is 12.7. The Bertz CT molecular complexity index is 235. The van der Waals surface area contributed by atoms with Crippen molar-refractivity contribution in [2.75, 3.05) is 33.4 Å². The maximum absolute atomic E-state index is 6.04. The summed E-state index contributed by atoms with van der Waals surface area (Å²) in [6.45, 7) is 3.68. The minimum Gasteiger partial charge on any atom is -0.380 e. The molecule has 3 heteroatoms. The molecular weight excluding hydrogens is 236 g/mol. The summed E-state index contributed by atoms with van der Waals surface area (Å²) in [5.41, 5.74) is 6.04. The average Bonchev–Trinajstić information content (AvgIpc) is 3.23. The van der Waals surface area contributed by atoms with Gasteiger partial charge in [-0.25, -0.2) is 0 Å². The molecule has 0 aromatic heterocycles. The molecule has 1 atom stereocenters. The van der Waals surface area contributed by atoms with Gasteiger partial charge in [0.1, 0.15) is 0 Å². The molecule has 0 saturated heterocycles. The van der Waals surface area contributed by atoms with Crippen molar-refractivity contribution in [2.24, 2.45) is 17.6 Å². The van der Waals surface area contributed by atoms with E-state index in [-0.39, 0.29) is 0 Å². The zero-order chi connectivity index (χ0) is 13.5. The second kappa shape index (κ2) is 8.23. The van der Waals surface area contributed by atoms with Crippen LogP contribution in [0.2, 0.25) is 0 Å². The van der Waals surface area contributed by atoms with E-state index in [2.05, 4.69) is 11.9 Å². The van der Waals surface area contributed by atoms with Crippen LogP contribution < -0.4 is 5.73 Å². The van der Waals surface area contributed by atoms with Gasteiger partial charge in [0.15, 0.2) is 0 Å². The van der Waals surface area contributed by atoms with Gasteiger partial charge in [0.05, 0.1) is 6.61 Å². The molecule has 2 rings (SSSR count). The summed E-state index contributed by atoms with van der Waals surface area (Å²) in [6, 6.07) is 0.558. The molecule has 2 N–H and O–H groups in total. The van der Waals surface area contributed by atoms with Gasteiger partial charge in [-0.3, -0.25) is 4.90 Å². The molecule has 112 valence electrons. The molecule has 3 nitrogen and oxygen atoms in total. The van der Waals surface area contributed by atoms with Crippen molar-refractivity contribution in [2.45, 2.75) is 57.4 Å². The van der Waals surface area contributed by atoms with Gasteiger partial charge in [0.2, 0.25) is 0 Å². The van der Waals surface area contributed by atoms with E-state index in [1.165, 1.54) is 51.4 Å². The summed E-state index contributed by atoms with van der Waals surface area (Å²) in [7, 11) is 2.23. The molecule has 0 radical (unpaired) electrons. The predicted octanol–water partition coefficient (Wildman–Crippen LogP) is 2.64. The van der Waals surface area contributed by atoms with Crippen LogP contribution in [0, 0.1) is 11.8 Å². The number of nitrogens with two attached hydrogens (primary N) is 1. The van der Waals surface area contributed by atoms with E-state index >= 15 is 0 Å². The van der Waals surface area contributed by atoms with Crippen molar-refractivity contribution in [3.05, 3.63) is 0 Å². The van der Waals surface area contributed by atoms with Gasteiger partial charge in [-0.15, -0.1) is 0 Å².